The molecule has 0 fully saturated rings. The third-order valence-electron chi connectivity index (χ3n) is 5.82. The Bertz CT molecular complexity index is 1390. The summed E-state index contributed by atoms with van der Waals surface area (Å²) in [4.78, 5) is 42.1. The van der Waals surface area contributed by atoms with E-state index in [-0.39, 0.29) is 19.0 Å². The van der Waals surface area contributed by atoms with Gasteiger partial charge in [-0.3, -0.25) is 14.4 Å². The molecule has 0 radical (unpaired) electrons. The average Bonchev–Trinajstić information content (AvgIpc) is 3.61. The van der Waals surface area contributed by atoms with Gasteiger partial charge in [-0.05, 0) is 60.7 Å². The Morgan fingerprint density at radius 1 is 0.947 bits per heavy atom. The number of nitrogens with one attached hydrogen (secondary N) is 2. The maximum Gasteiger partial charge on any atom is 0.248 e. The van der Waals surface area contributed by atoms with Gasteiger partial charge < -0.3 is 20.0 Å². The van der Waals surface area contributed by atoms with E-state index in [4.69, 9.17) is 4.42 Å². The minimum atomic E-state index is -0.926. The van der Waals surface area contributed by atoms with E-state index in [9.17, 15) is 14.4 Å². The first-order valence-electron chi connectivity index (χ1n) is 12.1. The van der Waals surface area contributed by atoms with Crippen LogP contribution in [0.1, 0.15) is 33.4 Å². The lowest BCUT2D eigenvalue weighted by atomic mass is 10.0. The molecule has 4 aromatic rings. The molecule has 7 nitrogen and oxygen atoms in total. The van der Waals surface area contributed by atoms with Crippen molar-refractivity contribution in [1.29, 1.82) is 0 Å². The zero-order valence-corrected chi connectivity index (χ0v) is 22.0. The van der Waals surface area contributed by atoms with Crippen molar-refractivity contribution >= 4 is 34.7 Å². The van der Waals surface area contributed by atoms with Crippen LogP contribution in [0, 0.1) is 13.8 Å². The van der Waals surface area contributed by atoms with Gasteiger partial charge in [-0.25, -0.2) is 0 Å². The van der Waals surface area contributed by atoms with Crippen molar-refractivity contribution in [2.45, 2.75) is 33.0 Å². The molecule has 3 amide bonds. The van der Waals surface area contributed by atoms with Crippen LogP contribution >= 0.6 is 11.3 Å². The first kappa shape index (κ1) is 26.6. The number of furan rings is 1. The number of hydrogen-bond donors (Lipinski definition) is 2. The van der Waals surface area contributed by atoms with Gasteiger partial charge in [-0.2, -0.15) is 0 Å². The zero-order valence-electron chi connectivity index (χ0n) is 21.2. The number of carbonyl (C=O) groups is 3. The summed E-state index contributed by atoms with van der Waals surface area (Å²) >= 11 is 1.49. The molecule has 0 aliphatic rings. The van der Waals surface area contributed by atoms with E-state index in [0.29, 0.717) is 17.0 Å². The van der Waals surface area contributed by atoms with E-state index >= 15 is 0 Å². The molecule has 0 unspecified atom stereocenters. The summed E-state index contributed by atoms with van der Waals surface area (Å²) in [5.41, 5.74) is 3.34. The lowest BCUT2D eigenvalue weighted by Gasteiger charge is -2.30. The molecular weight excluding hydrogens is 498 g/mol. The third-order valence-corrected chi connectivity index (χ3v) is 6.68. The van der Waals surface area contributed by atoms with Crippen molar-refractivity contribution in [3.63, 3.8) is 0 Å². The van der Waals surface area contributed by atoms with Gasteiger partial charge in [0.05, 0.1) is 19.4 Å². The van der Waals surface area contributed by atoms with Gasteiger partial charge >= 0.3 is 0 Å². The highest BCUT2D eigenvalue weighted by atomic mass is 32.1. The van der Waals surface area contributed by atoms with Crippen LogP contribution in [0.2, 0.25) is 0 Å². The van der Waals surface area contributed by atoms with Crippen molar-refractivity contribution < 1.29 is 18.8 Å². The fraction of sp³-hybridized carbons (Fsp3) is 0.167. The molecule has 4 rings (SSSR count). The van der Waals surface area contributed by atoms with E-state index in [0.717, 1.165) is 16.0 Å². The van der Waals surface area contributed by atoms with Crippen LogP contribution in [-0.4, -0.2) is 22.6 Å². The number of nitrogens with zero attached hydrogens (tertiary/aromatic N) is 1. The highest BCUT2D eigenvalue weighted by molar-refractivity contribution is 7.09. The maximum absolute atomic E-state index is 13.6. The second-order valence-electron chi connectivity index (χ2n) is 8.85. The molecule has 0 saturated heterocycles. The Kier molecular flexibility index (Phi) is 8.89. The molecule has 0 bridgehead atoms. The number of hydrogen-bond acceptors (Lipinski definition) is 5. The molecule has 0 aliphatic carbocycles. The van der Waals surface area contributed by atoms with Gasteiger partial charge in [0.2, 0.25) is 17.7 Å². The van der Waals surface area contributed by atoms with E-state index in [1.165, 1.54) is 34.7 Å². The lowest BCUT2D eigenvalue weighted by Crippen LogP contribution is -2.42. The molecule has 2 N–H and O–H groups in total. The number of thiophene rings is 1. The number of anilines is 1. The minimum Gasteiger partial charge on any atom is -0.467 e. The molecule has 0 saturated carbocycles. The molecular formula is C30H29N3O4S. The zero-order chi connectivity index (χ0) is 26.9. The number of benzene rings is 2. The second-order valence-corrected chi connectivity index (χ2v) is 9.88. The standard InChI is InChI=1S/C30H29N3O4S/c1-21-10-12-23(13-11-21)29(30(36)31-19-25-8-4-16-37-25)33(20-26-9-5-17-38-26)28(35)15-14-27(34)32-24-7-3-6-22(2)18-24/h3-18,29H,19-20H2,1-2H3,(H,31,36)(H,32,34)/b15-14-/t29-/m1/s1. The van der Waals surface area contributed by atoms with E-state index < -0.39 is 17.9 Å². The van der Waals surface area contributed by atoms with Crippen molar-refractivity contribution in [1.82, 2.24) is 10.2 Å². The summed E-state index contributed by atoms with van der Waals surface area (Å²) in [6.07, 6.45) is 3.94. The fourth-order valence-corrected chi connectivity index (χ4v) is 4.62. The average molecular weight is 528 g/mol. The summed E-state index contributed by atoms with van der Waals surface area (Å²) in [6, 6.07) is 21.3. The second kappa shape index (κ2) is 12.7. The molecule has 8 heteroatoms. The Labute approximate surface area is 225 Å². The molecule has 2 aromatic heterocycles. The van der Waals surface area contributed by atoms with Crippen LogP contribution in [0.15, 0.2) is 101 Å². The summed E-state index contributed by atoms with van der Waals surface area (Å²) in [5.74, 6) is -0.650. The normalized spacial score (nSPS) is 11.7. The van der Waals surface area contributed by atoms with Gasteiger partial charge in [0.15, 0.2) is 0 Å². The van der Waals surface area contributed by atoms with Crippen LogP contribution in [0.25, 0.3) is 0 Å². The molecule has 0 spiro atoms. The van der Waals surface area contributed by atoms with Gasteiger partial charge in [-0.1, -0.05) is 48.0 Å². The summed E-state index contributed by atoms with van der Waals surface area (Å²) in [5, 5.41) is 7.57. The van der Waals surface area contributed by atoms with E-state index in [1.807, 2.05) is 73.8 Å². The maximum atomic E-state index is 13.6. The quantitative estimate of drug-likeness (QED) is 0.265. The Hall–Kier alpha value is -4.43. The van der Waals surface area contributed by atoms with Crippen molar-refractivity contribution in [3.05, 3.63) is 124 Å². The monoisotopic (exact) mass is 527 g/mol. The number of aryl methyl sites for hydroxylation is 2. The van der Waals surface area contributed by atoms with Crippen LogP contribution in [0.3, 0.4) is 0 Å². The molecule has 0 aliphatic heterocycles. The predicted octanol–water partition coefficient (Wildman–Crippen LogP) is 5.54. The van der Waals surface area contributed by atoms with Gasteiger partial charge in [0, 0.05) is 22.7 Å². The smallest absolute Gasteiger partial charge is 0.248 e. The van der Waals surface area contributed by atoms with Crippen LogP contribution in [-0.2, 0) is 27.5 Å². The largest absolute Gasteiger partial charge is 0.467 e. The van der Waals surface area contributed by atoms with Crippen molar-refractivity contribution in [2.24, 2.45) is 0 Å². The highest BCUT2D eigenvalue weighted by Crippen LogP contribution is 2.26. The molecule has 2 heterocycles. The van der Waals surface area contributed by atoms with E-state index in [1.54, 1.807) is 18.2 Å². The summed E-state index contributed by atoms with van der Waals surface area (Å²) < 4.78 is 5.35. The van der Waals surface area contributed by atoms with Gasteiger partial charge in [0.25, 0.3) is 0 Å². The third kappa shape index (κ3) is 7.30. The molecule has 1 atom stereocenters. The van der Waals surface area contributed by atoms with Crippen LogP contribution in [0.5, 0.6) is 0 Å². The summed E-state index contributed by atoms with van der Waals surface area (Å²) in [7, 11) is 0. The molecule has 2 aromatic carbocycles. The fourth-order valence-electron chi connectivity index (χ4n) is 3.92. The SMILES string of the molecule is Cc1ccc([C@H](C(=O)NCc2ccco2)N(Cc2cccs2)C(=O)/C=C\C(=O)Nc2cccc(C)c2)cc1. The Morgan fingerprint density at radius 2 is 1.76 bits per heavy atom. The Balaban J connectivity index is 1.60. The molecule has 38 heavy (non-hydrogen) atoms. The summed E-state index contributed by atoms with van der Waals surface area (Å²) in [6.45, 7) is 4.27. The topological polar surface area (TPSA) is 91.7 Å². The number of amides is 3. The van der Waals surface area contributed by atoms with Crippen molar-refractivity contribution in [2.75, 3.05) is 5.32 Å². The first-order chi connectivity index (χ1) is 18.4. The predicted molar refractivity (Wildman–Crippen MR) is 148 cm³/mol. The molecule has 194 valence electrons. The number of rotatable bonds is 10. The van der Waals surface area contributed by atoms with Crippen LogP contribution in [0.4, 0.5) is 5.69 Å². The minimum absolute atomic E-state index is 0.184. The Morgan fingerprint density at radius 3 is 2.45 bits per heavy atom. The van der Waals surface area contributed by atoms with Gasteiger partial charge in [-0.15, -0.1) is 11.3 Å². The first-order valence-corrected chi connectivity index (χ1v) is 13.0. The lowest BCUT2D eigenvalue weighted by molar-refractivity contribution is -0.138. The van der Waals surface area contributed by atoms with Crippen molar-refractivity contribution in [3.8, 4) is 0 Å². The highest BCUT2D eigenvalue weighted by Gasteiger charge is 2.31. The van der Waals surface area contributed by atoms with Gasteiger partial charge in [0.1, 0.15) is 11.8 Å². The van der Waals surface area contributed by atoms with E-state index in [2.05, 4.69) is 10.6 Å². The number of carbonyl (C=O) groups excluding carboxylic acids is 3. The van der Waals surface area contributed by atoms with Crippen LogP contribution < -0.4 is 10.6 Å².